The number of fused-ring (bicyclic) bond motifs is 1. The molecule has 0 radical (unpaired) electrons. The van der Waals surface area contributed by atoms with Crippen LogP contribution in [0.3, 0.4) is 0 Å². The molecule has 7 nitrogen and oxygen atoms in total. The maximum Gasteiger partial charge on any atom is 0.277 e. The monoisotopic (exact) mass is 475 g/mol. The Bertz CT molecular complexity index is 1290. The number of amides is 2. The maximum absolute atomic E-state index is 13.7. The number of aromatic nitrogens is 2. The summed E-state index contributed by atoms with van der Waals surface area (Å²) in [6.45, 7) is 1.48. The minimum Gasteiger partial charge on any atom is -0.364 e. The van der Waals surface area contributed by atoms with E-state index in [1.807, 2.05) is 12.1 Å². The van der Waals surface area contributed by atoms with Crippen LogP contribution in [0.25, 0.3) is 5.69 Å². The van der Waals surface area contributed by atoms with Crippen LogP contribution in [-0.4, -0.2) is 40.7 Å². The minimum absolute atomic E-state index is 0.136. The Morgan fingerprint density at radius 3 is 2.56 bits per heavy atom. The van der Waals surface area contributed by atoms with Crippen LogP contribution in [0.1, 0.15) is 57.8 Å². The number of nitrogens with zero attached hydrogens (tertiary/aromatic N) is 3. The molecule has 0 unspecified atom stereocenters. The molecular formula is C26H26ClN5O2. The molecule has 2 saturated carbocycles. The molecule has 6 rings (SSSR count). The molecule has 0 bridgehead atoms. The molecule has 1 aromatic heterocycles. The predicted octanol–water partition coefficient (Wildman–Crippen LogP) is 3.61. The van der Waals surface area contributed by atoms with Crippen LogP contribution in [0.2, 0.25) is 5.02 Å². The Balaban J connectivity index is 1.31. The van der Waals surface area contributed by atoms with Gasteiger partial charge in [-0.15, -0.1) is 0 Å². The lowest BCUT2D eigenvalue weighted by Gasteiger charge is -2.28. The van der Waals surface area contributed by atoms with Crippen LogP contribution in [0.4, 0.5) is 5.69 Å². The molecule has 8 heteroatoms. The van der Waals surface area contributed by atoms with Gasteiger partial charge < -0.3 is 16.0 Å². The summed E-state index contributed by atoms with van der Waals surface area (Å²) in [5, 5.41) is 8.59. The van der Waals surface area contributed by atoms with E-state index in [1.165, 1.54) is 35.9 Å². The van der Waals surface area contributed by atoms with Gasteiger partial charge in [-0.25, -0.2) is 4.68 Å². The van der Waals surface area contributed by atoms with Gasteiger partial charge >= 0.3 is 0 Å². The zero-order valence-corrected chi connectivity index (χ0v) is 19.5. The van der Waals surface area contributed by atoms with Crippen molar-refractivity contribution >= 4 is 29.1 Å². The number of hydrogen-bond donors (Lipinski definition) is 2. The molecule has 3 aliphatic rings. The quantitative estimate of drug-likeness (QED) is 0.546. The van der Waals surface area contributed by atoms with Crippen molar-refractivity contribution in [1.29, 1.82) is 0 Å². The van der Waals surface area contributed by atoms with E-state index in [0.717, 1.165) is 12.2 Å². The van der Waals surface area contributed by atoms with Crippen LogP contribution in [-0.2, 0) is 11.8 Å². The third-order valence-electron chi connectivity index (χ3n) is 7.25. The van der Waals surface area contributed by atoms with Crippen molar-refractivity contribution < 1.29 is 9.59 Å². The Kier molecular flexibility index (Phi) is 5.00. The average Bonchev–Trinajstić information content (AvgIpc) is 3.75. The highest BCUT2D eigenvalue weighted by atomic mass is 35.5. The summed E-state index contributed by atoms with van der Waals surface area (Å²) in [7, 11) is 0. The van der Waals surface area contributed by atoms with Crippen molar-refractivity contribution in [3.8, 4) is 5.69 Å². The summed E-state index contributed by atoms with van der Waals surface area (Å²) in [5.41, 5.74) is 9.69. The fourth-order valence-electron chi connectivity index (χ4n) is 4.94. The van der Waals surface area contributed by atoms with E-state index in [9.17, 15) is 9.59 Å². The van der Waals surface area contributed by atoms with Crippen LogP contribution < -0.4 is 16.0 Å². The Morgan fingerprint density at radius 2 is 1.91 bits per heavy atom. The zero-order valence-electron chi connectivity index (χ0n) is 18.8. The van der Waals surface area contributed by atoms with E-state index in [4.69, 9.17) is 17.3 Å². The largest absolute Gasteiger partial charge is 0.364 e. The number of nitrogens with one attached hydrogen (secondary N) is 1. The van der Waals surface area contributed by atoms with Gasteiger partial charge in [-0.1, -0.05) is 29.8 Å². The molecule has 174 valence electrons. The molecule has 2 amide bonds. The van der Waals surface area contributed by atoms with E-state index in [2.05, 4.69) is 22.5 Å². The Morgan fingerprint density at radius 1 is 1.15 bits per heavy atom. The molecule has 2 aliphatic carbocycles. The predicted molar refractivity (Wildman–Crippen MR) is 131 cm³/mol. The van der Waals surface area contributed by atoms with Gasteiger partial charge in [0.15, 0.2) is 5.69 Å². The van der Waals surface area contributed by atoms with Gasteiger partial charge in [0.2, 0.25) is 0 Å². The van der Waals surface area contributed by atoms with Gasteiger partial charge in [0.25, 0.3) is 11.8 Å². The Labute approximate surface area is 202 Å². The van der Waals surface area contributed by atoms with Crippen LogP contribution in [0.15, 0.2) is 48.5 Å². The van der Waals surface area contributed by atoms with E-state index in [1.54, 1.807) is 29.2 Å². The fourth-order valence-corrected chi connectivity index (χ4v) is 5.12. The lowest BCUT2D eigenvalue weighted by atomic mass is 9.95. The number of carbonyl (C=O) groups excluding carboxylic acids is 2. The molecule has 3 N–H and O–H groups in total. The Hall–Kier alpha value is -3.16. The molecule has 3 aromatic rings. The lowest BCUT2D eigenvalue weighted by Crippen LogP contribution is -2.39. The van der Waals surface area contributed by atoms with E-state index < -0.39 is 5.91 Å². The summed E-state index contributed by atoms with van der Waals surface area (Å²) >= 11 is 6.18. The first-order valence-electron chi connectivity index (χ1n) is 11.8. The summed E-state index contributed by atoms with van der Waals surface area (Å²) in [6, 6.07) is 16.1. The first kappa shape index (κ1) is 21.4. The number of nitrogens with two attached hydrogens (primary N) is 1. The fraction of sp³-hybridized carbons (Fsp3) is 0.346. The highest BCUT2D eigenvalue weighted by Crippen LogP contribution is 2.48. The number of hydrogen-bond acceptors (Lipinski definition) is 4. The van der Waals surface area contributed by atoms with Crippen molar-refractivity contribution in [2.75, 3.05) is 18.0 Å². The van der Waals surface area contributed by atoms with Crippen molar-refractivity contribution in [3.63, 3.8) is 0 Å². The normalized spacial score (nSPS) is 18.6. The first-order chi connectivity index (χ1) is 16.4. The molecule has 34 heavy (non-hydrogen) atoms. The molecule has 2 fully saturated rings. The van der Waals surface area contributed by atoms with Crippen LogP contribution in [0.5, 0.6) is 0 Å². The number of rotatable bonds is 7. The summed E-state index contributed by atoms with van der Waals surface area (Å²) in [5.74, 6) is -0.845. The summed E-state index contributed by atoms with van der Waals surface area (Å²) in [4.78, 5) is 27.5. The average molecular weight is 476 g/mol. The van der Waals surface area contributed by atoms with Gasteiger partial charge in [-0.05, 0) is 68.0 Å². The maximum atomic E-state index is 13.7. The van der Waals surface area contributed by atoms with E-state index in [-0.39, 0.29) is 17.0 Å². The van der Waals surface area contributed by atoms with Crippen molar-refractivity contribution in [3.05, 3.63) is 76.1 Å². The first-order valence-corrected chi connectivity index (χ1v) is 12.2. The van der Waals surface area contributed by atoms with Crippen molar-refractivity contribution in [2.24, 2.45) is 5.73 Å². The molecule has 2 heterocycles. The molecule has 2 aromatic carbocycles. The topological polar surface area (TPSA) is 93.2 Å². The highest BCUT2D eigenvalue weighted by Gasteiger charge is 2.45. The van der Waals surface area contributed by atoms with Gasteiger partial charge in [-0.3, -0.25) is 9.59 Å². The van der Waals surface area contributed by atoms with Gasteiger partial charge in [0, 0.05) is 40.8 Å². The minimum atomic E-state index is -0.642. The summed E-state index contributed by atoms with van der Waals surface area (Å²) < 4.78 is 1.49. The van der Waals surface area contributed by atoms with E-state index >= 15 is 0 Å². The molecule has 1 aliphatic heterocycles. The second-order valence-electron chi connectivity index (χ2n) is 9.62. The number of anilines is 1. The highest BCUT2D eigenvalue weighted by molar-refractivity contribution is 6.30. The van der Waals surface area contributed by atoms with Crippen molar-refractivity contribution in [1.82, 2.24) is 15.1 Å². The number of benzene rings is 2. The van der Waals surface area contributed by atoms with Crippen LogP contribution in [0, 0.1) is 0 Å². The van der Waals surface area contributed by atoms with Crippen molar-refractivity contribution in [2.45, 2.75) is 43.6 Å². The zero-order chi connectivity index (χ0) is 23.4. The van der Waals surface area contributed by atoms with Crippen LogP contribution >= 0.6 is 11.6 Å². The standard InChI is InChI=1S/C26H26ClN5O2/c27-17-2-1-3-20(14-17)32-23-21(22(30-32)24(28)33)10-13-31(25(23)34)19-8-4-16(5-9-19)26(11-12-26)15-29-18-6-7-18/h1-5,8-9,14,18,29H,6-7,10-13,15H2,(H2,28,33). The molecule has 0 atom stereocenters. The third-order valence-corrected chi connectivity index (χ3v) is 7.49. The third kappa shape index (κ3) is 3.69. The smallest absolute Gasteiger partial charge is 0.277 e. The van der Waals surface area contributed by atoms with Gasteiger partial charge in [0.05, 0.1) is 5.69 Å². The SMILES string of the molecule is NC(=O)c1nn(-c2cccc(Cl)c2)c2c1CCN(c1ccc(C3(CNC4CC4)CC3)cc1)C2=O. The molecule has 0 spiro atoms. The molecular weight excluding hydrogens is 450 g/mol. The number of halogens is 1. The number of primary amides is 1. The van der Waals surface area contributed by atoms with Gasteiger partial charge in [-0.2, -0.15) is 5.10 Å². The summed E-state index contributed by atoms with van der Waals surface area (Å²) in [6.07, 6.45) is 5.48. The van der Waals surface area contributed by atoms with Gasteiger partial charge in [0.1, 0.15) is 5.69 Å². The second-order valence-corrected chi connectivity index (χ2v) is 10.1. The number of carbonyl (C=O) groups is 2. The molecule has 0 saturated heterocycles. The van der Waals surface area contributed by atoms with E-state index in [0.29, 0.717) is 41.0 Å². The second kappa shape index (κ2) is 7.96. The lowest BCUT2D eigenvalue weighted by molar-refractivity contribution is 0.0972.